The number of benzene rings is 1. The molecule has 1 fully saturated rings. The number of aromatic nitrogens is 2. The van der Waals surface area contributed by atoms with Gasteiger partial charge in [-0.15, -0.1) is 0 Å². The Bertz CT molecular complexity index is 878. The molecule has 1 aliphatic heterocycles. The molecule has 1 saturated heterocycles. The number of hydrogen-bond acceptors (Lipinski definition) is 5. The number of carbonyl (C=O) groups is 1. The van der Waals surface area contributed by atoms with Crippen LogP contribution in [0.5, 0.6) is 0 Å². The summed E-state index contributed by atoms with van der Waals surface area (Å²) in [5, 5.41) is 0. The first-order chi connectivity index (χ1) is 14.0. The molecule has 1 aliphatic carbocycles. The molecule has 1 amide bonds. The summed E-state index contributed by atoms with van der Waals surface area (Å²) in [5.41, 5.74) is 11.0. The van der Waals surface area contributed by atoms with E-state index in [2.05, 4.69) is 53.2 Å². The second kappa shape index (κ2) is 8.49. The van der Waals surface area contributed by atoms with Crippen LogP contribution in [0.15, 0.2) is 24.3 Å². The molecule has 2 N–H and O–H groups in total. The van der Waals surface area contributed by atoms with E-state index in [0.717, 1.165) is 69.3 Å². The molecular weight excluding hydrogens is 362 g/mol. The number of fused-ring (bicyclic) bond motifs is 1. The number of rotatable bonds is 4. The third-order valence-electron chi connectivity index (χ3n) is 6.03. The summed E-state index contributed by atoms with van der Waals surface area (Å²) in [6, 6.07) is 8.81. The molecule has 0 spiro atoms. The van der Waals surface area contributed by atoms with Crippen LogP contribution in [0, 0.1) is 0 Å². The van der Waals surface area contributed by atoms with Crippen molar-refractivity contribution >= 4 is 11.9 Å². The van der Waals surface area contributed by atoms with Crippen LogP contribution in [0.3, 0.4) is 0 Å². The zero-order valence-corrected chi connectivity index (χ0v) is 17.5. The smallest absolute Gasteiger partial charge is 0.273 e. The van der Waals surface area contributed by atoms with Gasteiger partial charge in [0.1, 0.15) is 5.69 Å². The van der Waals surface area contributed by atoms with E-state index in [4.69, 9.17) is 5.73 Å². The Kier molecular flexibility index (Phi) is 5.81. The monoisotopic (exact) mass is 393 g/mol. The van der Waals surface area contributed by atoms with Gasteiger partial charge in [-0.3, -0.25) is 4.79 Å². The minimum absolute atomic E-state index is 0.0133. The summed E-state index contributed by atoms with van der Waals surface area (Å²) >= 11 is 0. The number of nitrogens with two attached hydrogens (primary N) is 1. The topological polar surface area (TPSA) is 75.3 Å². The first kappa shape index (κ1) is 19.8. The maximum atomic E-state index is 13.6. The van der Waals surface area contributed by atoms with Crippen LogP contribution in [0.4, 0.5) is 5.95 Å². The predicted octanol–water partition coefficient (Wildman–Crippen LogP) is 3.37. The number of piperidine rings is 1. The number of amides is 1. The van der Waals surface area contributed by atoms with E-state index >= 15 is 0 Å². The lowest BCUT2D eigenvalue weighted by atomic mass is 9.91. The van der Waals surface area contributed by atoms with Crippen molar-refractivity contribution in [1.82, 2.24) is 19.8 Å². The SMILES string of the molecule is CN(C)Cc1ccc(C2CCCCN2C(=O)c2nc(N)nc3c2CCCC3)cc1. The van der Waals surface area contributed by atoms with Gasteiger partial charge < -0.3 is 15.5 Å². The average molecular weight is 394 g/mol. The highest BCUT2D eigenvalue weighted by atomic mass is 16.2. The van der Waals surface area contributed by atoms with Crippen LogP contribution in [0.25, 0.3) is 0 Å². The van der Waals surface area contributed by atoms with Crippen LogP contribution in [-0.2, 0) is 19.4 Å². The van der Waals surface area contributed by atoms with Crippen LogP contribution >= 0.6 is 0 Å². The lowest BCUT2D eigenvalue weighted by molar-refractivity contribution is 0.0603. The maximum absolute atomic E-state index is 13.6. The molecule has 29 heavy (non-hydrogen) atoms. The molecule has 6 heteroatoms. The Morgan fingerprint density at radius 2 is 1.86 bits per heavy atom. The quantitative estimate of drug-likeness (QED) is 0.862. The zero-order valence-electron chi connectivity index (χ0n) is 17.5. The number of carbonyl (C=O) groups excluding carboxylic acids is 1. The van der Waals surface area contributed by atoms with Crippen molar-refractivity contribution in [3.63, 3.8) is 0 Å². The fraction of sp³-hybridized carbons (Fsp3) is 0.522. The lowest BCUT2D eigenvalue weighted by Gasteiger charge is -2.36. The van der Waals surface area contributed by atoms with Gasteiger partial charge in [0.15, 0.2) is 0 Å². The Hall–Kier alpha value is -2.47. The molecule has 1 aromatic heterocycles. The van der Waals surface area contributed by atoms with E-state index in [1.807, 2.05) is 4.90 Å². The Morgan fingerprint density at radius 3 is 2.62 bits per heavy atom. The molecule has 154 valence electrons. The molecular formula is C23H31N5O. The molecule has 0 radical (unpaired) electrons. The summed E-state index contributed by atoms with van der Waals surface area (Å²) in [6.07, 6.45) is 7.09. The lowest BCUT2D eigenvalue weighted by Crippen LogP contribution is -2.39. The third kappa shape index (κ3) is 4.27. The van der Waals surface area contributed by atoms with Gasteiger partial charge in [-0.25, -0.2) is 9.97 Å². The van der Waals surface area contributed by atoms with Crippen LogP contribution < -0.4 is 5.73 Å². The van der Waals surface area contributed by atoms with Crippen molar-refractivity contribution in [2.75, 3.05) is 26.4 Å². The van der Waals surface area contributed by atoms with E-state index < -0.39 is 0 Å². The van der Waals surface area contributed by atoms with E-state index in [1.54, 1.807) is 0 Å². The summed E-state index contributed by atoms with van der Waals surface area (Å²) in [4.78, 5) is 26.6. The molecule has 2 aliphatic rings. The normalized spacial score (nSPS) is 19.3. The molecule has 0 saturated carbocycles. The fourth-order valence-corrected chi connectivity index (χ4v) is 4.66. The molecule has 6 nitrogen and oxygen atoms in total. The number of nitrogens with zero attached hydrogens (tertiary/aromatic N) is 4. The van der Waals surface area contributed by atoms with Crippen molar-refractivity contribution in [3.8, 4) is 0 Å². The Morgan fingerprint density at radius 1 is 1.10 bits per heavy atom. The average Bonchev–Trinajstić information content (AvgIpc) is 2.73. The van der Waals surface area contributed by atoms with Gasteiger partial charge in [-0.05, 0) is 70.2 Å². The van der Waals surface area contributed by atoms with Gasteiger partial charge in [0.2, 0.25) is 5.95 Å². The number of nitrogen functional groups attached to an aromatic ring is 1. The Balaban J connectivity index is 1.63. The second-order valence-corrected chi connectivity index (χ2v) is 8.55. The first-order valence-electron chi connectivity index (χ1n) is 10.7. The van der Waals surface area contributed by atoms with Crippen LogP contribution in [-0.4, -0.2) is 46.3 Å². The van der Waals surface area contributed by atoms with E-state index in [-0.39, 0.29) is 17.9 Å². The number of likely N-dealkylation sites (tertiary alicyclic amines) is 1. The van der Waals surface area contributed by atoms with E-state index in [9.17, 15) is 4.79 Å². The van der Waals surface area contributed by atoms with Gasteiger partial charge in [0, 0.05) is 24.3 Å². The van der Waals surface area contributed by atoms with Crippen molar-refractivity contribution < 1.29 is 4.79 Å². The van der Waals surface area contributed by atoms with Gasteiger partial charge in [-0.1, -0.05) is 24.3 Å². The molecule has 2 aromatic rings. The van der Waals surface area contributed by atoms with Crippen molar-refractivity contribution in [1.29, 1.82) is 0 Å². The van der Waals surface area contributed by atoms with Crippen molar-refractivity contribution in [2.45, 2.75) is 57.5 Å². The molecule has 4 rings (SSSR count). The van der Waals surface area contributed by atoms with E-state index in [0.29, 0.717) is 5.69 Å². The van der Waals surface area contributed by atoms with Crippen molar-refractivity contribution in [3.05, 3.63) is 52.3 Å². The van der Waals surface area contributed by atoms with Gasteiger partial charge in [0.25, 0.3) is 5.91 Å². The largest absolute Gasteiger partial charge is 0.368 e. The summed E-state index contributed by atoms with van der Waals surface area (Å²) < 4.78 is 0. The minimum Gasteiger partial charge on any atom is -0.368 e. The number of aryl methyl sites for hydroxylation is 1. The number of hydrogen-bond donors (Lipinski definition) is 1. The van der Waals surface area contributed by atoms with Gasteiger partial charge in [0.05, 0.1) is 6.04 Å². The zero-order chi connectivity index (χ0) is 20.4. The Labute approximate surface area is 173 Å². The van der Waals surface area contributed by atoms with Crippen LogP contribution in [0.1, 0.15) is 71.0 Å². The van der Waals surface area contributed by atoms with Gasteiger partial charge in [-0.2, -0.15) is 0 Å². The molecule has 0 bridgehead atoms. The highest BCUT2D eigenvalue weighted by molar-refractivity contribution is 5.94. The highest BCUT2D eigenvalue weighted by Crippen LogP contribution is 2.33. The molecule has 2 heterocycles. The first-order valence-corrected chi connectivity index (χ1v) is 10.7. The second-order valence-electron chi connectivity index (χ2n) is 8.55. The van der Waals surface area contributed by atoms with Gasteiger partial charge >= 0.3 is 0 Å². The summed E-state index contributed by atoms with van der Waals surface area (Å²) in [6.45, 7) is 1.68. The minimum atomic E-state index is 0.0133. The summed E-state index contributed by atoms with van der Waals surface area (Å²) in [7, 11) is 4.15. The molecule has 1 atom stereocenters. The standard InChI is InChI=1S/C23H31N5O/c1-27(2)15-16-10-12-17(13-11-16)20-9-5-6-14-28(20)22(29)21-18-7-3-4-8-19(18)25-23(24)26-21/h10-13,20H,3-9,14-15H2,1-2H3,(H2,24,25,26). The maximum Gasteiger partial charge on any atom is 0.273 e. The summed E-state index contributed by atoms with van der Waals surface area (Å²) in [5.74, 6) is 0.231. The van der Waals surface area contributed by atoms with E-state index in [1.165, 1.54) is 11.1 Å². The number of anilines is 1. The predicted molar refractivity (Wildman–Crippen MR) is 115 cm³/mol. The highest BCUT2D eigenvalue weighted by Gasteiger charge is 2.32. The molecule has 1 unspecified atom stereocenters. The third-order valence-corrected chi connectivity index (χ3v) is 6.03. The van der Waals surface area contributed by atoms with Crippen LogP contribution in [0.2, 0.25) is 0 Å². The van der Waals surface area contributed by atoms with Crippen molar-refractivity contribution in [2.24, 2.45) is 0 Å². The fourth-order valence-electron chi connectivity index (χ4n) is 4.66. The molecule has 1 aromatic carbocycles.